The molecule has 148 valence electrons. The lowest BCUT2D eigenvalue weighted by Crippen LogP contribution is -2.43. The monoisotopic (exact) mass is 372 g/mol. The Morgan fingerprint density at radius 2 is 1.92 bits per heavy atom. The molecule has 0 amide bonds. The first-order valence-electron chi connectivity index (χ1n) is 8.77. The number of aryl methyl sites for hydroxylation is 1. The quantitative estimate of drug-likeness (QED) is 0.618. The molecule has 2 rings (SSSR count). The van der Waals surface area contributed by atoms with Gasteiger partial charge in [0.15, 0.2) is 6.23 Å². The summed E-state index contributed by atoms with van der Waals surface area (Å²) in [5.74, 6) is 0. The van der Waals surface area contributed by atoms with Crippen molar-refractivity contribution in [2.45, 2.75) is 57.3 Å². The average molecular weight is 372 g/mol. The number of aliphatic hydroxyl groups is 1. The van der Waals surface area contributed by atoms with E-state index in [1.807, 2.05) is 13.8 Å². The van der Waals surface area contributed by atoms with Crippen molar-refractivity contribution in [2.24, 2.45) is 0 Å². The molecule has 0 aromatic carbocycles. The van der Waals surface area contributed by atoms with Crippen LogP contribution in [-0.2, 0) is 25.4 Å². The first kappa shape index (κ1) is 20.8. The molecule has 0 spiro atoms. The van der Waals surface area contributed by atoms with E-state index in [4.69, 9.17) is 18.9 Å². The smallest absolute Gasteiger partial charge is 0.330 e. The largest absolute Gasteiger partial charge is 0.388 e. The first-order valence-corrected chi connectivity index (χ1v) is 8.77. The molecular formula is C17H28N2O7. The molecule has 0 aliphatic carbocycles. The second-order valence-corrected chi connectivity index (χ2v) is 6.27. The summed E-state index contributed by atoms with van der Waals surface area (Å²) in [4.78, 5) is 26.4. The van der Waals surface area contributed by atoms with Crippen LogP contribution in [0.2, 0.25) is 0 Å². The zero-order valence-electron chi connectivity index (χ0n) is 15.6. The Hall–Kier alpha value is -1.52. The number of methoxy groups -OCH3 is 2. The van der Waals surface area contributed by atoms with E-state index in [9.17, 15) is 14.7 Å². The number of aliphatic hydroxyl groups excluding tert-OH is 1. The molecule has 0 saturated carbocycles. The fourth-order valence-electron chi connectivity index (χ4n) is 3.12. The van der Waals surface area contributed by atoms with Crippen LogP contribution >= 0.6 is 0 Å². The van der Waals surface area contributed by atoms with E-state index < -0.39 is 41.9 Å². The van der Waals surface area contributed by atoms with Crippen molar-refractivity contribution in [3.8, 4) is 0 Å². The van der Waals surface area contributed by atoms with Crippen LogP contribution in [0, 0.1) is 0 Å². The maximum Gasteiger partial charge on any atom is 0.330 e. The highest BCUT2D eigenvalue weighted by Crippen LogP contribution is 2.33. The number of aromatic nitrogens is 2. The Kier molecular flexibility index (Phi) is 7.54. The van der Waals surface area contributed by atoms with Crippen molar-refractivity contribution in [3.05, 3.63) is 32.6 Å². The fourth-order valence-corrected chi connectivity index (χ4v) is 3.12. The van der Waals surface area contributed by atoms with E-state index in [1.54, 1.807) is 14.2 Å². The molecular weight excluding hydrogens is 344 g/mol. The van der Waals surface area contributed by atoms with Crippen molar-refractivity contribution in [3.63, 3.8) is 0 Å². The minimum Gasteiger partial charge on any atom is -0.388 e. The summed E-state index contributed by atoms with van der Waals surface area (Å²) in [7, 11) is 3.08. The Labute approximate surface area is 151 Å². The molecule has 1 aromatic rings. The van der Waals surface area contributed by atoms with Crippen molar-refractivity contribution in [2.75, 3.05) is 27.4 Å². The van der Waals surface area contributed by atoms with Gasteiger partial charge in [-0.25, -0.2) is 4.79 Å². The van der Waals surface area contributed by atoms with Crippen LogP contribution in [0.5, 0.6) is 0 Å². The number of nitrogens with one attached hydrogen (secondary N) is 1. The molecule has 9 nitrogen and oxygen atoms in total. The number of hydrogen-bond donors (Lipinski definition) is 2. The van der Waals surface area contributed by atoms with Gasteiger partial charge in [-0.05, 0) is 12.8 Å². The van der Waals surface area contributed by atoms with Crippen molar-refractivity contribution >= 4 is 0 Å². The molecule has 4 atom stereocenters. The van der Waals surface area contributed by atoms with E-state index in [0.717, 1.165) is 0 Å². The van der Waals surface area contributed by atoms with Gasteiger partial charge in [0.2, 0.25) is 0 Å². The SMILES string of the molecule is CCc1cn(C2OC(CC)C(O)C2OC(COC)COC)c(=O)[nH]c1=O. The number of ether oxygens (including phenoxy) is 4. The molecule has 0 bridgehead atoms. The normalized spacial score (nSPS) is 25.9. The van der Waals surface area contributed by atoms with Gasteiger partial charge < -0.3 is 24.1 Å². The molecule has 2 N–H and O–H groups in total. The molecule has 4 unspecified atom stereocenters. The highest BCUT2D eigenvalue weighted by atomic mass is 16.6. The van der Waals surface area contributed by atoms with Crippen LogP contribution in [0.15, 0.2) is 15.8 Å². The van der Waals surface area contributed by atoms with E-state index >= 15 is 0 Å². The van der Waals surface area contributed by atoms with Crippen molar-refractivity contribution in [1.82, 2.24) is 9.55 Å². The third kappa shape index (κ3) is 4.41. The number of H-pyrrole nitrogens is 1. The molecule has 1 aliphatic rings. The van der Waals surface area contributed by atoms with Gasteiger partial charge in [0.1, 0.15) is 18.3 Å². The van der Waals surface area contributed by atoms with Gasteiger partial charge in [-0.2, -0.15) is 0 Å². The molecule has 2 heterocycles. The summed E-state index contributed by atoms with van der Waals surface area (Å²) in [6.45, 7) is 4.23. The van der Waals surface area contributed by atoms with Gasteiger partial charge in [-0.1, -0.05) is 13.8 Å². The number of aromatic amines is 1. The maximum atomic E-state index is 12.3. The molecule has 0 radical (unpaired) electrons. The third-order valence-electron chi connectivity index (χ3n) is 4.47. The number of hydrogen-bond acceptors (Lipinski definition) is 7. The van der Waals surface area contributed by atoms with Crippen molar-refractivity contribution < 1.29 is 24.1 Å². The van der Waals surface area contributed by atoms with Gasteiger partial charge in [0.25, 0.3) is 5.56 Å². The lowest BCUT2D eigenvalue weighted by atomic mass is 10.1. The number of nitrogens with zero attached hydrogens (tertiary/aromatic N) is 1. The maximum absolute atomic E-state index is 12.3. The van der Waals surface area contributed by atoms with Crippen LogP contribution < -0.4 is 11.2 Å². The lowest BCUT2D eigenvalue weighted by molar-refractivity contribution is -0.132. The fraction of sp³-hybridized carbons (Fsp3) is 0.765. The molecule has 1 aromatic heterocycles. The molecule has 26 heavy (non-hydrogen) atoms. The minimum absolute atomic E-state index is 0.265. The third-order valence-corrected chi connectivity index (χ3v) is 4.47. The predicted octanol–water partition coefficient (Wildman–Crippen LogP) is -0.186. The van der Waals surface area contributed by atoms with Crippen LogP contribution in [0.25, 0.3) is 0 Å². The molecule has 1 aliphatic heterocycles. The summed E-state index contributed by atoms with van der Waals surface area (Å²) in [5, 5.41) is 10.6. The summed E-state index contributed by atoms with van der Waals surface area (Å²) in [6.07, 6.45) is -1.03. The Morgan fingerprint density at radius 3 is 2.46 bits per heavy atom. The summed E-state index contributed by atoms with van der Waals surface area (Å²) >= 11 is 0. The second-order valence-electron chi connectivity index (χ2n) is 6.27. The summed E-state index contributed by atoms with van der Waals surface area (Å²) in [6, 6.07) is 0. The van der Waals surface area contributed by atoms with Crippen molar-refractivity contribution in [1.29, 1.82) is 0 Å². The van der Waals surface area contributed by atoms with E-state index in [2.05, 4.69) is 4.98 Å². The van der Waals surface area contributed by atoms with Gasteiger partial charge in [-0.15, -0.1) is 0 Å². The topological polar surface area (TPSA) is 112 Å². The average Bonchev–Trinajstić information content (AvgIpc) is 2.91. The van der Waals surface area contributed by atoms with Crippen LogP contribution in [0.3, 0.4) is 0 Å². The summed E-state index contributed by atoms with van der Waals surface area (Å²) < 4.78 is 23.4. The van der Waals surface area contributed by atoms with Crippen LogP contribution in [-0.4, -0.2) is 66.5 Å². The zero-order chi connectivity index (χ0) is 19.3. The second kappa shape index (κ2) is 9.43. The van der Waals surface area contributed by atoms with Gasteiger partial charge in [-0.3, -0.25) is 14.3 Å². The Balaban J connectivity index is 2.37. The Bertz CT molecular complexity index is 680. The molecule has 1 saturated heterocycles. The lowest BCUT2D eigenvalue weighted by Gasteiger charge is -2.27. The minimum atomic E-state index is -0.926. The highest BCUT2D eigenvalue weighted by molar-refractivity contribution is 5.05. The molecule has 1 fully saturated rings. The zero-order valence-corrected chi connectivity index (χ0v) is 15.6. The van der Waals surface area contributed by atoms with Gasteiger partial charge >= 0.3 is 5.69 Å². The van der Waals surface area contributed by atoms with E-state index in [-0.39, 0.29) is 13.2 Å². The Morgan fingerprint density at radius 1 is 1.27 bits per heavy atom. The number of rotatable bonds is 9. The van der Waals surface area contributed by atoms with Gasteiger partial charge in [0, 0.05) is 26.0 Å². The highest BCUT2D eigenvalue weighted by Gasteiger charge is 2.46. The van der Waals surface area contributed by atoms with E-state index in [1.165, 1.54) is 10.8 Å². The first-order chi connectivity index (χ1) is 12.5. The summed E-state index contributed by atoms with van der Waals surface area (Å²) in [5.41, 5.74) is -0.579. The van der Waals surface area contributed by atoms with E-state index in [0.29, 0.717) is 18.4 Å². The predicted molar refractivity (Wildman–Crippen MR) is 93.3 cm³/mol. The molecule has 9 heteroatoms. The van der Waals surface area contributed by atoms with Gasteiger partial charge in [0.05, 0.1) is 19.3 Å². The standard InChI is InChI=1S/C17H28N2O7/c1-5-10-7-19(17(22)18-15(10)21)16-14(13(20)12(6-2)26-16)25-11(8-23-3)9-24-4/h7,11-14,16,20H,5-6,8-9H2,1-4H3,(H,18,21,22). The van der Waals surface area contributed by atoms with Crippen LogP contribution in [0.4, 0.5) is 0 Å². The van der Waals surface area contributed by atoms with Crippen LogP contribution in [0.1, 0.15) is 32.1 Å².